The molecule has 7 nitrogen and oxygen atoms in total. The summed E-state index contributed by atoms with van der Waals surface area (Å²) in [4.78, 5) is 10.0. The maximum atomic E-state index is 10.0. The molecule has 0 amide bonds. The summed E-state index contributed by atoms with van der Waals surface area (Å²) in [5, 5.41) is 0.459. The van der Waals surface area contributed by atoms with Crippen LogP contribution in [0.5, 0.6) is 5.75 Å². The van der Waals surface area contributed by atoms with Crippen LogP contribution in [-0.4, -0.2) is 52.1 Å². The van der Waals surface area contributed by atoms with Crippen LogP contribution < -0.4 is 4.74 Å². The van der Waals surface area contributed by atoms with Crippen LogP contribution in [0.3, 0.4) is 0 Å². The van der Waals surface area contributed by atoms with Gasteiger partial charge < -0.3 is 32.9 Å². The maximum Gasteiger partial charge on any atom is 0.324 e. The first-order valence-corrected chi connectivity index (χ1v) is 11.5. The topological polar surface area (TPSA) is 75.6 Å². The summed E-state index contributed by atoms with van der Waals surface area (Å²) in [6.45, 7) is 2.28. The summed E-state index contributed by atoms with van der Waals surface area (Å²) in [5.74, 6) is 0.666. The van der Waals surface area contributed by atoms with Crippen LogP contribution in [-0.2, 0) is 35.1 Å². The first-order chi connectivity index (χ1) is 12.8. The molecule has 1 N–H and O–H groups in total. The molecule has 1 rings (SSSR count). The molecule has 0 saturated heterocycles. The number of halogens is 1. The summed E-state index contributed by atoms with van der Waals surface area (Å²) in [7, 11) is 3.07. The van der Waals surface area contributed by atoms with Gasteiger partial charge in [-0.25, -0.2) is 0 Å². The lowest BCUT2D eigenvalue weighted by Crippen LogP contribution is -2.13. The minimum Gasteiger partial charge on any atom is -0.491 e. The minimum atomic E-state index is -3.30. The maximum absolute atomic E-state index is 10.0. The fraction of sp³-hybridized carbons (Fsp3) is 0.647. The number of hydrogen-bond donors (Lipinski definition) is 1. The smallest absolute Gasteiger partial charge is 0.324 e. The van der Waals surface area contributed by atoms with E-state index < -0.39 is 13.0 Å². The van der Waals surface area contributed by atoms with Crippen LogP contribution in [0.1, 0.15) is 25.7 Å². The van der Waals surface area contributed by atoms with Crippen molar-refractivity contribution in [2.45, 2.75) is 20.1 Å². The van der Waals surface area contributed by atoms with Crippen molar-refractivity contribution in [3.05, 3.63) is 28.8 Å². The minimum absolute atomic E-state index is 0.0890. The van der Waals surface area contributed by atoms with E-state index in [-0.39, 0.29) is 25.7 Å². The number of methoxy groups -OCH3 is 2. The number of hydrogen-bond acceptors (Lipinski definition) is 7. The van der Waals surface area contributed by atoms with Gasteiger partial charge in [0.15, 0.2) is 6.29 Å². The van der Waals surface area contributed by atoms with Crippen LogP contribution in [0.15, 0.2) is 18.2 Å². The van der Waals surface area contributed by atoms with Gasteiger partial charge in [0.2, 0.25) is 0 Å². The van der Waals surface area contributed by atoms with Gasteiger partial charge in [0.05, 0.1) is 24.8 Å². The number of benzene rings is 1. The molecule has 27 heavy (non-hydrogen) atoms. The standard InChI is InChI=1S/C17H28ClO7PS/c1-5-22-11-13(2)12-25-26(19,27)24-9-8-23-14-6-7-15(16(18)10-14)17(20-3)21-4/h6-7,10,13,17H,5,8-9,11-12H2,1-4H3,(H,19,27). The highest BCUT2D eigenvalue weighted by atomic mass is 35.5. The second-order valence-electron chi connectivity index (χ2n) is 5.70. The molecule has 0 spiro atoms. The molecule has 0 heterocycles. The molecular formula is C17H28ClO7PS. The Labute approximate surface area is 171 Å². The van der Waals surface area contributed by atoms with Crippen molar-refractivity contribution in [2.75, 3.05) is 47.3 Å². The van der Waals surface area contributed by atoms with Gasteiger partial charge in [-0.05, 0) is 36.9 Å². The van der Waals surface area contributed by atoms with Crippen LogP contribution in [0.2, 0.25) is 5.02 Å². The van der Waals surface area contributed by atoms with Gasteiger partial charge >= 0.3 is 6.72 Å². The lowest BCUT2D eigenvalue weighted by molar-refractivity contribution is -0.105. The summed E-state index contributed by atoms with van der Waals surface area (Å²) >= 11 is 11.2. The second kappa shape index (κ2) is 13.0. The van der Waals surface area contributed by atoms with Gasteiger partial charge in [-0.3, -0.25) is 0 Å². The molecule has 0 aliphatic carbocycles. The van der Waals surface area contributed by atoms with Crippen molar-refractivity contribution in [1.82, 2.24) is 0 Å². The highest BCUT2D eigenvalue weighted by Crippen LogP contribution is 2.43. The molecular weight excluding hydrogens is 415 g/mol. The van der Waals surface area contributed by atoms with Gasteiger partial charge in [0, 0.05) is 32.3 Å². The molecule has 0 aliphatic rings. The molecule has 10 heteroatoms. The van der Waals surface area contributed by atoms with Crippen LogP contribution >= 0.6 is 18.3 Å². The lowest BCUT2D eigenvalue weighted by atomic mass is 10.2. The molecule has 1 aromatic carbocycles. The fourth-order valence-electron chi connectivity index (χ4n) is 2.08. The van der Waals surface area contributed by atoms with Crippen molar-refractivity contribution in [1.29, 1.82) is 0 Å². The monoisotopic (exact) mass is 442 g/mol. The van der Waals surface area contributed by atoms with Gasteiger partial charge in [0.25, 0.3) is 0 Å². The molecule has 156 valence electrons. The SMILES string of the molecule is CCOCC(C)COP(O)(=S)OCCOc1ccc(C(OC)OC)c(Cl)c1. The van der Waals surface area contributed by atoms with Gasteiger partial charge in [-0.15, -0.1) is 0 Å². The van der Waals surface area contributed by atoms with Crippen molar-refractivity contribution in [3.8, 4) is 5.75 Å². The van der Waals surface area contributed by atoms with E-state index in [1.165, 1.54) is 14.2 Å². The third kappa shape index (κ3) is 9.65. The summed E-state index contributed by atoms with van der Waals surface area (Å²) in [6, 6.07) is 5.16. The van der Waals surface area contributed by atoms with Crippen molar-refractivity contribution < 1.29 is 32.9 Å². The zero-order valence-corrected chi connectivity index (χ0v) is 18.5. The third-order valence-electron chi connectivity index (χ3n) is 3.39. The first-order valence-electron chi connectivity index (χ1n) is 8.50. The van der Waals surface area contributed by atoms with E-state index in [2.05, 4.69) is 0 Å². The normalized spacial score (nSPS) is 14.9. The van der Waals surface area contributed by atoms with E-state index >= 15 is 0 Å². The van der Waals surface area contributed by atoms with Gasteiger partial charge in [0.1, 0.15) is 12.4 Å². The predicted molar refractivity (Wildman–Crippen MR) is 108 cm³/mol. The van der Waals surface area contributed by atoms with E-state index in [4.69, 9.17) is 51.4 Å². The Hall–Kier alpha value is -0.280. The summed E-state index contributed by atoms with van der Waals surface area (Å²) in [5.41, 5.74) is 0.700. The van der Waals surface area contributed by atoms with Crippen LogP contribution in [0.25, 0.3) is 0 Å². The van der Waals surface area contributed by atoms with Gasteiger partial charge in [-0.2, -0.15) is 0 Å². The van der Waals surface area contributed by atoms with E-state index in [1.54, 1.807) is 18.2 Å². The Morgan fingerprint density at radius 3 is 2.44 bits per heavy atom. The molecule has 1 aromatic rings. The summed E-state index contributed by atoms with van der Waals surface area (Å²) in [6.07, 6.45) is -0.544. The Bertz CT molecular complexity index is 601. The highest BCUT2D eigenvalue weighted by molar-refractivity contribution is 8.07. The van der Waals surface area contributed by atoms with Crippen molar-refractivity contribution in [3.63, 3.8) is 0 Å². The molecule has 0 radical (unpaired) electrons. The Balaban J connectivity index is 2.38. The summed E-state index contributed by atoms with van der Waals surface area (Å²) < 4.78 is 31.8. The predicted octanol–water partition coefficient (Wildman–Crippen LogP) is 3.93. The lowest BCUT2D eigenvalue weighted by Gasteiger charge is -2.19. The molecule has 0 bridgehead atoms. The zero-order valence-electron chi connectivity index (χ0n) is 16.1. The molecule has 2 unspecified atom stereocenters. The Kier molecular flexibility index (Phi) is 12.0. The van der Waals surface area contributed by atoms with Crippen molar-refractivity contribution in [2.24, 2.45) is 5.92 Å². The fourth-order valence-corrected chi connectivity index (χ4v) is 3.57. The van der Waals surface area contributed by atoms with Gasteiger partial charge in [-0.1, -0.05) is 18.5 Å². The second-order valence-corrected chi connectivity index (χ2v) is 8.94. The molecule has 0 fully saturated rings. The molecule has 0 aromatic heterocycles. The average molecular weight is 443 g/mol. The Morgan fingerprint density at radius 1 is 1.15 bits per heavy atom. The molecule has 0 saturated carbocycles. The highest BCUT2D eigenvalue weighted by Gasteiger charge is 2.17. The van der Waals surface area contributed by atoms with Crippen molar-refractivity contribution >= 4 is 30.1 Å². The Morgan fingerprint density at radius 2 is 1.85 bits per heavy atom. The van der Waals surface area contributed by atoms with E-state index in [1.807, 2.05) is 13.8 Å². The average Bonchev–Trinajstić information content (AvgIpc) is 2.64. The third-order valence-corrected chi connectivity index (χ3v) is 5.33. The molecule has 0 aliphatic heterocycles. The quantitative estimate of drug-likeness (QED) is 0.264. The first kappa shape index (κ1) is 24.8. The van der Waals surface area contributed by atoms with Crippen LogP contribution in [0.4, 0.5) is 0 Å². The number of rotatable bonds is 14. The van der Waals surface area contributed by atoms with E-state index in [0.29, 0.717) is 29.5 Å². The van der Waals surface area contributed by atoms with E-state index in [9.17, 15) is 4.89 Å². The van der Waals surface area contributed by atoms with Crippen LogP contribution in [0, 0.1) is 5.92 Å². The zero-order chi connectivity index (χ0) is 20.3. The van der Waals surface area contributed by atoms with E-state index in [0.717, 1.165) is 0 Å². The number of ether oxygens (including phenoxy) is 4. The largest absolute Gasteiger partial charge is 0.491 e. The molecule has 2 atom stereocenters.